The summed E-state index contributed by atoms with van der Waals surface area (Å²) in [6.45, 7) is 3.72. The molecule has 3 aromatic rings. The number of nitrogens with one attached hydrogen (secondary N) is 1. The zero-order valence-corrected chi connectivity index (χ0v) is 12.9. The second-order valence-electron chi connectivity index (χ2n) is 5.30. The lowest BCUT2D eigenvalue weighted by atomic mass is 10.2. The van der Waals surface area contributed by atoms with Crippen molar-refractivity contribution in [2.45, 2.75) is 26.5 Å². The lowest BCUT2D eigenvalue weighted by molar-refractivity contribution is 0.188. The van der Waals surface area contributed by atoms with Crippen molar-refractivity contribution in [2.24, 2.45) is 0 Å². The fourth-order valence-electron chi connectivity index (χ4n) is 2.24. The Bertz CT molecular complexity index is 868. The Balaban J connectivity index is 1.95. The molecule has 0 unspecified atom stereocenters. The number of aromatic amines is 1. The minimum Gasteiger partial charge on any atom is -0.385 e. The highest BCUT2D eigenvalue weighted by Gasteiger charge is 2.12. The van der Waals surface area contributed by atoms with E-state index in [4.69, 9.17) is 0 Å². The van der Waals surface area contributed by atoms with Crippen molar-refractivity contribution in [1.82, 2.24) is 24.7 Å². The minimum absolute atomic E-state index is 0.220. The quantitative estimate of drug-likeness (QED) is 0.760. The van der Waals surface area contributed by atoms with Crippen LogP contribution in [0.2, 0.25) is 0 Å². The van der Waals surface area contributed by atoms with Crippen LogP contribution < -0.4 is 5.56 Å². The van der Waals surface area contributed by atoms with E-state index in [0.29, 0.717) is 29.7 Å². The molecule has 0 bridgehead atoms. The van der Waals surface area contributed by atoms with E-state index in [-0.39, 0.29) is 5.56 Å². The monoisotopic (exact) mass is 311 g/mol. The first kappa shape index (κ1) is 15.1. The average Bonchev–Trinajstić information content (AvgIpc) is 2.89. The van der Waals surface area contributed by atoms with Gasteiger partial charge >= 0.3 is 0 Å². The highest BCUT2D eigenvalue weighted by molar-refractivity contribution is 5.54. The molecule has 0 aliphatic rings. The summed E-state index contributed by atoms with van der Waals surface area (Å²) in [5.41, 5.74) is 1.20. The molecule has 0 aliphatic heterocycles. The van der Waals surface area contributed by atoms with Crippen molar-refractivity contribution in [3.63, 3.8) is 0 Å². The smallest absolute Gasteiger partial charge is 0.251 e. The number of hydrogen-bond donors (Lipinski definition) is 2. The van der Waals surface area contributed by atoms with Crippen LogP contribution in [-0.2, 0) is 6.54 Å². The van der Waals surface area contributed by atoms with E-state index < -0.39 is 6.10 Å². The Morgan fingerprint density at radius 1 is 1.26 bits per heavy atom. The predicted molar refractivity (Wildman–Crippen MR) is 84.8 cm³/mol. The molecule has 7 nitrogen and oxygen atoms in total. The van der Waals surface area contributed by atoms with E-state index in [1.54, 1.807) is 18.5 Å². The van der Waals surface area contributed by atoms with Crippen LogP contribution in [0.25, 0.3) is 11.4 Å². The van der Waals surface area contributed by atoms with E-state index in [1.807, 2.05) is 30.3 Å². The lowest BCUT2D eigenvalue weighted by Gasteiger charge is -2.05. The van der Waals surface area contributed by atoms with Gasteiger partial charge in [-0.15, -0.1) is 0 Å². The standard InChI is InChI=1S/C16H17N5O2/c1-10(22)15-17-11(2)21(20-15)9-13-8-14(23)19-16(18-13)12-6-4-3-5-7-12/h3-8,10,22H,9H2,1-2H3,(H,18,19,23)/t10-/m1/s1. The third-order valence-corrected chi connectivity index (χ3v) is 3.40. The fraction of sp³-hybridized carbons (Fsp3) is 0.250. The molecule has 2 aromatic heterocycles. The van der Waals surface area contributed by atoms with Crippen LogP contribution in [0.3, 0.4) is 0 Å². The summed E-state index contributed by atoms with van der Waals surface area (Å²) in [6, 6.07) is 10.9. The largest absolute Gasteiger partial charge is 0.385 e. The van der Waals surface area contributed by atoms with Crippen LogP contribution in [-0.4, -0.2) is 29.8 Å². The van der Waals surface area contributed by atoms with Gasteiger partial charge in [-0.25, -0.2) is 14.6 Å². The predicted octanol–water partition coefficient (Wildman–Crippen LogP) is 1.44. The molecule has 0 aliphatic carbocycles. The Kier molecular flexibility index (Phi) is 4.03. The van der Waals surface area contributed by atoms with Crippen molar-refractivity contribution in [1.29, 1.82) is 0 Å². The normalized spacial score (nSPS) is 12.3. The number of benzene rings is 1. The first-order valence-electron chi connectivity index (χ1n) is 7.28. The summed E-state index contributed by atoms with van der Waals surface area (Å²) in [4.78, 5) is 23.3. The van der Waals surface area contributed by atoms with Gasteiger partial charge in [0.15, 0.2) is 5.82 Å². The highest BCUT2D eigenvalue weighted by Crippen LogP contribution is 2.13. The molecule has 0 saturated carbocycles. The van der Waals surface area contributed by atoms with Gasteiger partial charge in [-0.3, -0.25) is 4.79 Å². The summed E-state index contributed by atoms with van der Waals surface area (Å²) in [7, 11) is 0. The number of nitrogens with zero attached hydrogens (tertiary/aromatic N) is 4. The van der Waals surface area contributed by atoms with Crippen LogP contribution >= 0.6 is 0 Å². The highest BCUT2D eigenvalue weighted by atomic mass is 16.3. The summed E-state index contributed by atoms with van der Waals surface area (Å²) in [6.07, 6.45) is -0.734. The van der Waals surface area contributed by atoms with E-state index in [2.05, 4.69) is 20.1 Å². The van der Waals surface area contributed by atoms with Gasteiger partial charge in [-0.1, -0.05) is 30.3 Å². The maximum atomic E-state index is 11.9. The molecule has 1 aromatic carbocycles. The molecular weight excluding hydrogens is 294 g/mol. The van der Waals surface area contributed by atoms with Crippen molar-refractivity contribution in [3.8, 4) is 11.4 Å². The molecule has 23 heavy (non-hydrogen) atoms. The number of H-pyrrole nitrogens is 1. The van der Waals surface area contributed by atoms with Gasteiger partial charge in [0.1, 0.15) is 17.8 Å². The maximum absolute atomic E-state index is 11.9. The summed E-state index contributed by atoms with van der Waals surface area (Å²) in [5.74, 6) is 1.53. The second kappa shape index (κ2) is 6.13. The zero-order chi connectivity index (χ0) is 16.4. The van der Waals surface area contributed by atoms with Gasteiger partial charge in [0.05, 0.1) is 12.2 Å². The van der Waals surface area contributed by atoms with Gasteiger partial charge in [0.2, 0.25) is 0 Å². The van der Waals surface area contributed by atoms with Crippen LogP contribution in [0.5, 0.6) is 0 Å². The lowest BCUT2D eigenvalue weighted by Crippen LogP contribution is -2.14. The zero-order valence-electron chi connectivity index (χ0n) is 12.9. The summed E-state index contributed by atoms with van der Waals surface area (Å²) < 4.78 is 1.62. The van der Waals surface area contributed by atoms with Crippen molar-refractivity contribution in [3.05, 3.63) is 64.1 Å². The van der Waals surface area contributed by atoms with E-state index in [1.165, 1.54) is 6.07 Å². The van der Waals surface area contributed by atoms with Gasteiger partial charge in [-0.05, 0) is 13.8 Å². The third kappa shape index (κ3) is 3.35. The molecule has 0 amide bonds. The maximum Gasteiger partial charge on any atom is 0.251 e. The number of hydrogen-bond acceptors (Lipinski definition) is 5. The minimum atomic E-state index is -0.734. The number of aromatic nitrogens is 5. The number of aliphatic hydroxyl groups excluding tert-OH is 1. The van der Waals surface area contributed by atoms with E-state index in [9.17, 15) is 9.90 Å². The van der Waals surface area contributed by atoms with Gasteiger partial charge < -0.3 is 10.1 Å². The van der Waals surface area contributed by atoms with E-state index >= 15 is 0 Å². The molecule has 0 radical (unpaired) electrons. The van der Waals surface area contributed by atoms with Crippen molar-refractivity contribution < 1.29 is 5.11 Å². The van der Waals surface area contributed by atoms with Gasteiger partial charge in [-0.2, -0.15) is 5.10 Å². The molecule has 2 heterocycles. The van der Waals surface area contributed by atoms with Crippen molar-refractivity contribution in [2.75, 3.05) is 0 Å². The second-order valence-corrected chi connectivity index (χ2v) is 5.30. The van der Waals surface area contributed by atoms with Crippen LogP contribution in [0, 0.1) is 6.92 Å². The Morgan fingerprint density at radius 3 is 2.65 bits per heavy atom. The molecule has 1 atom stereocenters. The third-order valence-electron chi connectivity index (χ3n) is 3.40. The average molecular weight is 311 g/mol. The molecule has 0 spiro atoms. The fourth-order valence-corrected chi connectivity index (χ4v) is 2.24. The number of aliphatic hydroxyl groups is 1. The van der Waals surface area contributed by atoms with Crippen LogP contribution in [0.4, 0.5) is 0 Å². The molecule has 0 saturated heterocycles. The summed E-state index contributed by atoms with van der Waals surface area (Å²) >= 11 is 0. The van der Waals surface area contributed by atoms with Crippen LogP contribution in [0.15, 0.2) is 41.2 Å². The molecular formula is C16H17N5O2. The molecule has 3 rings (SSSR count). The molecule has 7 heteroatoms. The molecule has 2 N–H and O–H groups in total. The van der Waals surface area contributed by atoms with Crippen LogP contribution in [0.1, 0.15) is 30.4 Å². The van der Waals surface area contributed by atoms with Gasteiger partial charge in [0, 0.05) is 11.6 Å². The van der Waals surface area contributed by atoms with E-state index in [0.717, 1.165) is 5.56 Å². The Labute approximate surface area is 132 Å². The topological polar surface area (TPSA) is 96.7 Å². The molecule has 118 valence electrons. The number of rotatable bonds is 4. The first-order chi connectivity index (χ1) is 11.0. The summed E-state index contributed by atoms with van der Waals surface area (Å²) in [5, 5.41) is 13.8. The first-order valence-corrected chi connectivity index (χ1v) is 7.28. The van der Waals surface area contributed by atoms with Crippen molar-refractivity contribution >= 4 is 0 Å². The number of aryl methyl sites for hydroxylation is 1. The van der Waals surface area contributed by atoms with Gasteiger partial charge in [0.25, 0.3) is 5.56 Å². The Morgan fingerprint density at radius 2 is 2.00 bits per heavy atom. The molecule has 0 fully saturated rings. The Hall–Kier alpha value is -2.80. The SMILES string of the molecule is Cc1nc([C@@H](C)O)nn1Cc1cc(=O)[nH]c(-c2ccccc2)n1.